The van der Waals surface area contributed by atoms with Crippen LogP contribution in [0.3, 0.4) is 0 Å². The summed E-state index contributed by atoms with van der Waals surface area (Å²) in [5.41, 5.74) is 1.43. The molecule has 5 nitrogen and oxygen atoms in total. The molecule has 0 unspecified atom stereocenters. The van der Waals surface area contributed by atoms with Gasteiger partial charge in [0.15, 0.2) is 10.3 Å². The predicted molar refractivity (Wildman–Crippen MR) is 107 cm³/mol. The number of likely N-dealkylation sites (N-methyl/N-ethyl adjacent to an activating group) is 1. The Balaban J connectivity index is 1.81. The van der Waals surface area contributed by atoms with Crippen molar-refractivity contribution in [2.24, 2.45) is 4.99 Å². The van der Waals surface area contributed by atoms with Gasteiger partial charge < -0.3 is 4.74 Å². The van der Waals surface area contributed by atoms with E-state index in [1.165, 1.54) is 16.7 Å². The first-order valence-electron chi connectivity index (χ1n) is 7.79. The monoisotopic (exact) mass is 385 g/mol. The van der Waals surface area contributed by atoms with Gasteiger partial charge in [-0.25, -0.2) is 9.98 Å². The molecule has 0 saturated carbocycles. The maximum absolute atomic E-state index is 12.5. The number of thioether (sulfide) groups is 1. The lowest BCUT2D eigenvalue weighted by atomic mass is 10.2. The van der Waals surface area contributed by atoms with Crippen molar-refractivity contribution in [2.45, 2.75) is 0 Å². The molecule has 1 saturated heterocycles. The molecular weight excluding hydrogens is 370 g/mol. The minimum absolute atomic E-state index is 0.110. The minimum Gasteiger partial charge on any atom is -0.490 e. The van der Waals surface area contributed by atoms with Crippen LogP contribution in [-0.2, 0) is 4.79 Å². The third kappa shape index (κ3) is 4.15. The van der Waals surface area contributed by atoms with Crippen LogP contribution in [0, 0.1) is 0 Å². The van der Waals surface area contributed by atoms with E-state index in [9.17, 15) is 4.79 Å². The minimum atomic E-state index is -0.110. The van der Waals surface area contributed by atoms with Crippen LogP contribution in [0.5, 0.6) is 5.75 Å². The van der Waals surface area contributed by atoms with Crippen LogP contribution in [0.2, 0.25) is 5.15 Å². The standard InChI is InChI=1S/C19H16ClN3O2S/c1-3-11-25-14-8-6-13(7-9-14)12-16-18(24)23(2)19(26-16)22-15-5-4-10-21-17(15)20/h3-10,12H,1,11H2,2H3/b16-12-,22-19?. The summed E-state index contributed by atoms with van der Waals surface area (Å²) >= 11 is 7.34. The number of pyridine rings is 1. The number of aromatic nitrogens is 1. The first-order chi connectivity index (χ1) is 12.6. The number of carbonyl (C=O) groups is 1. The van der Waals surface area contributed by atoms with E-state index in [2.05, 4.69) is 16.6 Å². The Labute approximate surface area is 161 Å². The number of hydrogen-bond donors (Lipinski definition) is 0. The third-order valence-corrected chi connectivity index (χ3v) is 4.86. The number of rotatable bonds is 5. The van der Waals surface area contributed by atoms with E-state index in [1.54, 1.807) is 31.5 Å². The summed E-state index contributed by atoms with van der Waals surface area (Å²) in [5, 5.41) is 0.857. The fraction of sp³-hybridized carbons (Fsp3) is 0.105. The van der Waals surface area contributed by atoms with Gasteiger partial charge in [-0.15, -0.1) is 0 Å². The van der Waals surface area contributed by atoms with Gasteiger partial charge in [0.2, 0.25) is 0 Å². The molecule has 1 aliphatic rings. The highest BCUT2D eigenvalue weighted by molar-refractivity contribution is 8.18. The number of halogens is 1. The average molecular weight is 386 g/mol. The Morgan fingerprint density at radius 2 is 2.12 bits per heavy atom. The number of carbonyl (C=O) groups excluding carboxylic acids is 1. The molecular formula is C19H16ClN3O2S. The molecule has 2 heterocycles. The van der Waals surface area contributed by atoms with Crippen LogP contribution in [0.25, 0.3) is 6.08 Å². The zero-order chi connectivity index (χ0) is 18.5. The lowest BCUT2D eigenvalue weighted by Gasteiger charge is -2.07. The lowest BCUT2D eigenvalue weighted by molar-refractivity contribution is -0.121. The van der Waals surface area contributed by atoms with Gasteiger partial charge in [-0.05, 0) is 47.7 Å². The SMILES string of the molecule is C=CCOc1ccc(/C=C2\SC(=Nc3cccnc3Cl)N(C)C2=O)cc1. The topological polar surface area (TPSA) is 54.8 Å². The Morgan fingerprint density at radius 1 is 1.35 bits per heavy atom. The van der Waals surface area contributed by atoms with Crippen molar-refractivity contribution < 1.29 is 9.53 Å². The van der Waals surface area contributed by atoms with Crippen molar-refractivity contribution in [3.8, 4) is 5.75 Å². The number of aliphatic imine (C=N–C) groups is 1. The van der Waals surface area contributed by atoms with Crippen molar-refractivity contribution in [3.05, 3.63) is 70.9 Å². The molecule has 1 amide bonds. The zero-order valence-corrected chi connectivity index (χ0v) is 15.6. The molecule has 132 valence electrons. The second-order valence-corrected chi connectivity index (χ2v) is 6.72. The van der Waals surface area contributed by atoms with Gasteiger partial charge in [0.1, 0.15) is 18.0 Å². The van der Waals surface area contributed by atoms with Gasteiger partial charge in [0.25, 0.3) is 5.91 Å². The molecule has 1 aromatic heterocycles. The highest BCUT2D eigenvalue weighted by Crippen LogP contribution is 2.34. The van der Waals surface area contributed by atoms with E-state index in [1.807, 2.05) is 30.3 Å². The summed E-state index contributed by atoms with van der Waals surface area (Å²) in [5.74, 6) is 0.642. The average Bonchev–Trinajstić information content (AvgIpc) is 2.91. The zero-order valence-electron chi connectivity index (χ0n) is 14.1. The number of ether oxygens (including phenoxy) is 1. The number of nitrogens with zero attached hydrogens (tertiary/aromatic N) is 3. The fourth-order valence-electron chi connectivity index (χ4n) is 2.18. The summed E-state index contributed by atoms with van der Waals surface area (Å²) < 4.78 is 5.46. The van der Waals surface area contributed by atoms with Crippen molar-refractivity contribution in [3.63, 3.8) is 0 Å². The van der Waals surface area contributed by atoms with Gasteiger partial charge >= 0.3 is 0 Å². The molecule has 0 aliphatic carbocycles. The first-order valence-corrected chi connectivity index (χ1v) is 8.98. The predicted octanol–water partition coefficient (Wildman–Crippen LogP) is 4.53. The van der Waals surface area contributed by atoms with Gasteiger partial charge in [0, 0.05) is 13.2 Å². The summed E-state index contributed by atoms with van der Waals surface area (Å²) in [6.07, 6.45) is 5.11. The van der Waals surface area contributed by atoms with Crippen LogP contribution >= 0.6 is 23.4 Å². The molecule has 0 bridgehead atoms. The lowest BCUT2D eigenvalue weighted by Crippen LogP contribution is -2.23. The van der Waals surface area contributed by atoms with E-state index >= 15 is 0 Å². The third-order valence-electron chi connectivity index (χ3n) is 3.50. The highest BCUT2D eigenvalue weighted by Gasteiger charge is 2.30. The van der Waals surface area contributed by atoms with Crippen LogP contribution in [0.15, 0.2) is 65.1 Å². The molecule has 7 heteroatoms. The number of benzene rings is 1. The van der Waals surface area contributed by atoms with Crippen molar-refractivity contribution in [1.82, 2.24) is 9.88 Å². The molecule has 3 rings (SSSR count). The summed E-state index contributed by atoms with van der Waals surface area (Å²) in [6.45, 7) is 4.07. The molecule has 0 radical (unpaired) electrons. The largest absolute Gasteiger partial charge is 0.490 e. The summed E-state index contributed by atoms with van der Waals surface area (Å²) in [7, 11) is 1.69. The molecule has 0 N–H and O–H groups in total. The van der Waals surface area contributed by atoms with Crippen LogP contribution in [0.1, 0.15) is 5.56 Å². The molecule has 1 fully saturated rings. The van der Waals surface area contributed by atoms with Gasteiger partial charge in [-0.1, -0.05) is 36.4 Å². The quantitative estimate of drug-likeness (QED) is 0.431. The fourth-order valence-corrected chi connectivity index (χ4v) is 3.32. The Kier molecular flexibility index (Phi) is 5.75. The number of hydrogen-bond acceptors (Lipinski definition) is 5. The molecule has 0 spiro atoms. The molecule has 26 heavy (non-hydrogen) atoms. The molecule has 2 aromatic rings. The maximum Gasteiger partial charge on any atom is 0.266 e. The van der Waals surface area contributed by atoms with E-state index in [4.69, 9.17) is 16.3 Å². The van der Waals surface area contributed by atoms with Crippen molar-refractivity contribution in [1.29, 1.82) is 0 Å². The highest BCUT2D eigenvalue weighted by atomic mass is 35.5. The van der Waals surface area contributed by atoms with Gasteiger partial charge in [0.05, 0.1) is 4.91 Å². The van der Waals surface area contributed by atoms with Gasteiger partial charge in [-0.2, -0.15) is 0 Å². The van der Waals surface area contributed by atoms with Crippen molar-refractivity contribution in [2.75, 3.05) is 13.7 Å². The second kappa shape index (κ2) is 8.21. The molecule has 0 atom stereocenters. The van der Waals surface area contributed by atoms with Crippen LogP contribution < -0.4 is 4.74 Å². The normalized spacial score (nSPS) is 17.2. The van der Waals surface area contributed by atoms with E-state index in [0.29, 0.717) is 27.5 Å². The van der Waals surface area contributed by atoms with Crippen molar-refractivity contribution >= 4 is 46.2 Å². The maximum atomic E-state index is 12.5. The molecule has 1 aliphatic heterocycles. The van der Waals surface area contributed by atoms with E-state index < -0.39 is 0 Å². The first kappa shape index (κ1) is 18.2. The summed E-state index contributed by atoms with van der Waals surface area (Å²) in [4.78, 5) is 23.0. The van der Waals surface area contributed by atoms with E-state index in [0.717, 1.165) is 11.3 Å². The van der Waals surface area contributed by atoms with Gasteiger partial charge in [-0.3, -0.25) is 9.69 Å². The Bertz CT molecular complexity index is 894. The Morgan fingerprint density at radius 3 is 2.81 bits per heavy atom. The van der Waals surface area contributed by atoms with Crippen LogP contribution in [0.4, 0.5) is 5.69 Å². The molecule has 1 aromatic carbocycles. The second-order valence-electron chi connectivity index (χ2n) is 5.35. The smallest absolute Gasteiger partial charge is 0.266 e. The number of amides is 1. The van der Waals surface area contributed by atoms with E-state index in [-0.39, 0.29) is 5.91 Å². The summed E-state index contributed by atoms with van der Waals surface area (Å²) in [6, 6.07) is 11.0. The Hall–Kier alpha value is -2.57. The van der Waals surface area contributed by atoms with Crippen LogP contribution in [-0.4, -0.2) is 34.6 Å². The number of amidine groups is 1.